The van der Waals surface area contributed by atoms with Gasteiger partial charge in [0.15, 0.2) is 11.5 Å². The molecular weight excluding hydrogens is 360 g/mol. The predicted molar refractivity (Wildman–Crippen MR) is 113 cm³/mol. The summed E-state index contributed by atoms with van der Waals surface area (Å²) in [6.07, 6.45) is 1.15. The molecule has 2 rings (SSSR count). The quantitative estimate of drug-likeness (QED) is 0.530. The van der Waals surface area contributed by atoms with Crippen LogP contribution in [0.4, 0.5) is 0 Å². The maximum absolute atomic E-state index is 5.92. The molecule has 0 heterocycles. The summed E-state index contributed by atoms with van der Waals surface area (Å²) in [5.41, 5.74) is 2.26. The van der Waals surface area contributed by atoms with Gasteiger partial charge in [0, 0.05) is 11.6 Å². The van der Waals surface area contributed by atoms with Gasteiger partial charge in [0.25, 0.3) is 0 Å². The lowest BCUT2D eigenvalue weighted by atomic mass is 10.2. The van der Waals surface area contributed by atoms with E-state index in [2.05, 4.69) is 30.1 Å². The number of nitrogens with zero attached hydrogens (tertiary/aromatic N) is 1. The van der Waals surface area contributed by atoms with Gasteiger partial charge in [-0.2, -0.15) is 0 Å². The summed E-state index contributed by atoms with van der Waals surface area (Å²) in [6, 6.07) is 13.8. The molecule has 0 spiro atoms. The zero-order valence-electron chi connectivity index (χ0n) is 16.6. The van der Waals surface area contributed by atoms with Gasteiger partial charge in [-0.25, -0.2) is 0 Å². The van der Waals surface area contributed by atoms with Crippen molar-refractivity contribution in [1.82, 2.24) is 10.2 Å². The van der Waals surface area contributed by atoms with Crippen LogP contribution >= 0.6 is 11.6 Å². The maximum Gasteiger partial charge on any atom is 0.161 e. The summed E-state index contributed by atoms with van der Waals surface area (Å²) in [5.74, 6) is 1.50. The van der Waals surface area contributed by atoms with Crippen molar-refractivity contribution >= 4 is 11.6 Å². The van der Waals surface area contributed by atoms with Crippen LogP contribution in [0.3, 0.4) is 0 Å². The third kappa shape index (κ3) is 7.41. The second-order valence-corrected chi connectivity index (χ2v) is 6.89. The molecule has 0 saturated heterocycles. The zero-order chi connectivity index (χ0) is 19.5. The highest BCUT2D eigenvalue weighted by molar-refractivity contribution is 6.30. The lowest BCUT2D eigenvalue weighted by molar-refractivity contribution is 0.284. The van der Waals surface area contributed by atoms with Crippen LogP contribution < -0.4 is 14.8 Å². The molecule has 0 unspecified atom stereocenters. The van der Waals surface area contributed by atoms with Crippen LogP contribution in [0, 0.1) is 0 Å². The number of rotatable bonds is 12. The predicted octanol–water partition coefficient (Wildman–Crippen LogP) is 4.75. The Balaban J connectivity index is 1.81. The lowest BCUT2D eigenvalue weighted by Crippen LogP contribution is -2.27. The lowest BCUT2D eigenvalue weighted by Gasteiger charge is -2.17. The van der Waals surface area contributed by atoms with Gasteiger partial charge in [-0.15, -0.1) is 0 Å². The van der Waals surface area contributed by atoms with E-state index in [0.717, 1.165) is 61.2 Å². The van der Waals surface area contributed by atoms with Gasteiger partial charge in [-0.05, 0) is 68.0 Å². The van der Waals surface area contributed by atoms with Crippen molar-refractivity contribution in [3.05, 3.63) is 58.6 Å². The van der Waals surface area contributed by atoms with Crippen molar-refractivity contribution in [3.63, 3.8) is 0 Å². The molecule has 0 radical (unpaired) electrons. The van der Waals surface area contributed by atoms with Crippen molar-refractivity contribution in [3.8, 4) is 11.5 Å². The molecule has 148 valence electrons. The molecule has 0 bridgehead atoms. The Morgan fingerprint density at radius 1 is 0.963 bits per heavy atom. The van der Waals surface area contributed by atoms with Crippen molar-refractivity contribution in [2.24, 2.45) is 0 Å². The van der Waals surface area contributed by atoms with Gasteiger partial charge in [-0.1, -0.05) is 43.6 Å². The minimum atomic E-state index is 0.483. The first-order valence-electron chi connectivity index (χ1n) is 9.63. The third-order valence-corrected chi connectivity index (χ3v) is 4.84. The fourth-order valence-electron chi connectivity index (χ4n) is 2.88. The Morgan fingerprint density at radius 2 is 1.67 bits per heavy atom. The molecule has 0 aliphatic heterocycles. The highest BCUT2D eigenvalue weighted by atomic mass is 35.5. The molecule has 0 aliphatic rings. The van der Waals surface area contributed by atoms with Gasteiger partial charge < -0.3 is 19.7 Å². The summed E-state index contributed by atoms with van der Waals surface area (Å²) < 4.78 is 11.4. The van der Waals surface area contributed by atoms with Crippen molar-refractivity contribution in [1.29, 1.82) is 0 Å². The van der Waals surface area contributed by atoms with Gasteiger partial charge in [0.05, 0.1) is 7.11 Å². The number of benzene rings is 2. The Hall–Kier alpha value is -1.75. The van der Waals surface area contributed by atoms with E-state index in [-0.39, 0.29) is 0 Å². The first kappa shape index (κ1) is 21.5. The first-order valence-corrected chi connectivity index (χ1v) is 10.0. The largest absolute Gasteiger partial charge is 0.493 e. The highest BCUT2D eigenvalue weighted by Crippen LogP contribution is 2.29. The number of hydrogen-bond donors (Lipinski definition) is 1. The molecule has 5 heteroatoms. The number of halogens is 1. The average molecular weight is 391 g/mol. The maximum atomic E-state index is 5.92. The van der Waals surface area contributed by atoms with Crippen LogP contribution in [0.15, 0.2) is 42.5 Å². The Kier molecular flexibility index (Phi) is 9.46. The molecule has 0 aliphatic carbocycles. The van der Waals surface area contributed by atoms with Gasteiger partial charge in [-0.3, -0.25) is 0 Å². The van der Waals surface area contributed by atoms with Crippen molar-refractivity contribution in [2.45, 2.75) is 33.4 Å². The molecule has 2 aromatic rings. The van der Waals surface area contributed by atoms with E-state index < -0.39 is 0 Å². The van der Waals surface area contributed by atoms with Crippen molar-refractivity contribution < 1.29 is 9.47 Å². The molecule has 0 amide bonds. The SMILES string of the molecule is CCN(CC)CCCNCc1ccc(OCc2ccc(Cl)cc2)c(OC)c1. The summed E-state index contributed by atoms with van der Waals surface area (Å²) in [7, 11) is 1.67. The molecule has 0 aromatic heterocycles. The Bertz CT molecular complexity index is 673. The van der Waals surface area contributed by atoms with Crippen LogP contribution in [0.5, 0.6) is 11.5 Å². The van der Waals surface area contributed by atoms with E-state index in [1.807, 2.05) is 36.4 Å². The van der Waals surface area contributed by atoms with Crippen LogP contribution in [-0.4, -0.2) is 38.2 Å². The highest BCUT2D eigenvalue weighted by Gasteiger charge is 2.07. The monoisotopic (exact) mass is 390 g/mol. The molecule has 0 atom stereocenters. The van der Waals surface area contributed by atoms with Gasteiger partial charge >= 0.3 is 0 Å². The van der Waals surface area contributed by atoms with Gasteiger partial charge in [0.1, 0.15) is 6.61 Å². The van der Waals surface area contributed by atoms with E-state index in [1.54, 1.807) is 7.11 Å². The van der Waals surface area contributed by atoms with E-state index in [0.29, 0.717) is 6.61 Å². The minimum absolute atomic E-state index is 0.483. The molecular formula is C22H31ClN2O2. The van der Waals surface area contributed by atoms with E-state index in [1.165, 1.54) is 5.56 Å². The smallest absolute Gasteiger partial charge is 0.161 e. The zero-order valence-corrected chi connectivity index (χ0v) is 17.4. The number of methoxy groups -OCH3 is 1. The van der Waals surface area contributed by atoms with Crippen molar-refractivity contribution in [2.75, 3.05) is 33.3 Å². The number of hydrogen-bond acceptors (Lipinski definition) is 4. The fraction of sp³-hybridized carbons (Fsp3) is 0.455. The second-order valence-electron chi connectivity index (χ2n) is 6.46. The Morgan fingerprint density at radius 3 is 2.33 bits per heavy atom. The molecule has 2 aromatic carbocycles. The molecule has 27 heavy (non-hydrogen) atoms. The standard InChI is InChI=1S/C22H31ClN2O2/c1-4-25(5-2)14-6-13-24-16-19-9-12-21(22(15-19)26-3)27-17-18-7-10-20(23)11-8-18/h7-12,15,24H,4-6,13-14,16-17H2,1-3H3. The molecule has 1 N–H and O–H groups in total. The normalized spacial score (nSPS) is 11.0. The fourth-order valence-corrected chi connectivity index (χ4v) is 3.01. The number of ether oxygens (including phenoxy) is 2. The summed E-state index contributed by atoms with van der Waals surface area (Å²) in [5, 5.41) is 4.23. The first-order chi connectivity index (χ1) is 13.2. The Labute approximate surface area is 168 Å². The summed E-state index contributed by atoms with van der Waals surface area (Å²) in [6.45, 7) is 10.1. The topological polar surface area (TPSA) is 33.7 Å². The van der Waals surface area contributed by atoms with E-state index in [4.69, 9.17) is 21.1 Å². The van der Waals surface area contributed by atoms with Crippen LogP contribution in [0.1, 0.15) is 31.4 Å². The third-order valence-electron chi connectivity index (χ3n) is 4.59. The van der Waals surface area contributed by atoms with E-state index >= 15 is 0 Å². The van der Waals surface area contributed by atoms with Gasteiger partial charge in [0.2, 0.25) is 0 Å². The second kappa shape index (κ2) is 11.9. The van der Waals surface area contributed by atoms with Crippen LogP contribution in [-0.2, 0) is 13.2 Å². The molecule has 0 saturated carbocycles. The molecule has 4 nitrogen and oxygen atoms in total. The van der Waals surface area contributed by atoms with Crippen LogP contribution in [0.2, 0.25) is 5.02 Å². The average Bonchev–Trinajstić information content (AvgIpc) is 2.70. The number of nitrogens with one attached hydrogen (secondary N) is 1. The molecule has 0 fully saturated rings. The van der Waals surface area contributed by atoms with E-state index in [9.17, 15) is 0 Å². The summed E-state index contributed by atoms with van der Waals surface area (Å²) >= 11 is 5.92. The minimum Gasteiger partial charge on any atom is -0.493 e. The summed E-state index contributed by atoms with van der Waals surface area (Å²) in [4.78, 5) is 2.44. The van der Waals surface area contributed by atoms with Crippen LogP contribution in [0.25, 0.3) is 0 Å².